The van der Waals surface area contributed by atoms with Gasteiger partial charge in [-0.2, -0.15) is 0 Å². The lowest BCUT2D eigenvalue weighted by Gasteiger charge is -2.29. The van der Waals surface area contributed by atoms with Crippen molar-refractivity contribution < 1.29 is 8.78 Å². The summed E-state index contributed by atoms with van der Waals surface area (Å²) in [6.45, 7) is 2.27. The fourth-order valence-electron chi connectivity index (χ4n) is 4.75. The molecule has 0 nitrogen and oxygen atoms in total. The maximum Gasteiger partial charge on any atom is 0.145 e. The van der Waals surface area contributed by atoms with E-state index >= 15 is 0 Å². The molecule has 1 saturated carbocycles. The van der Waals surface area contributed by atoms with E-state index in [9.17, 15) is 8.78 Å². The van der Waals surface area contributed by atoms with Crippen molar-refractivity contribution in [2.45, 2.75) is 56.8 Å². The van der Waals surface area contributed by atoms with E-state index in [4.69, 9.17) is 11.6 Å². The molecular formula is C27H27ClF2. The lowest BCUT2D eigenvalue weighted by atomic mass is 9.76. The lowest BCUT2D eigenvalue weighted by Crippen LogP contribution is -2.13. The smallest absolute Gasteiger partial charge is 0.145 e. The molecule has 0 radical (unpaired) electrons. The Hall–Kier alpha value is -2.19. The third kappa shape index (κ3) is 4.75. The monoisotopic (exact) mass is 424 g/mol. The summed E-state index contributed by atoms with van der Waals surface area (Å²) < 4.78 is 27.6. The van der Waals surface area contributed by atoms with Gasteiger partial charge in [-0.3, -0.25) is 0 Å². The van der Waals surface area contributed by atoms with E-state index < -0.39 is 16.7 Å². The molecular weight excluding hydrogens is 398 g/mol. The normalized spacial score (nSPS) is 20.1. The van der Waals surface area contributed by atoms with Gasteiger partial charge in [-0.1, -0.05) is 73.1 Å². The van der Waals surface area contributed by atoms with Gasteiger partial charge in [-0.25, -0.2) is 8.78 Å². The molecule has 0 bridgehead atoms. The molecule has 4 rings (SSSR count). The average molecular weight is 425 g/mol. The number of hydrogen-bond donors (Lipinski definition) is 0. The van der Waals surface area contributed by atoms with Crippen LogP contribution >= 0.6 is 11.6 Å². The van der Waals surface area contributed by atoms with Crippen LogP contribution < -0.4 is 0 Å². The summed E-state index contributed by atoms with van der Waals surface area (Å²) in [7, 11) is 0. The SMILES string of the molecule is C[C@H](Cc1ccc(C2CCC(c3cc(F)c(Cl)c(F)c3)CC2)cc1)c1ccccc1. The molecule has 3 aromatic rings. The molecule has 3 aromatic carbocycles. The zero-order valence-electron chi connectivity index (χ0n) is 17.3. The van der Waals surface area contributed by atoms with E-state index in [0.717, 1.165) is 37.7 Å². The summed E-state index contributed by atoms with van der Waals surface area (Å²) in [5, 5.41) is -0.408. The average Bonchev–Trinajstić information content (AvgIpc) is 2.78. The van der Waals surface area contributed by atoms with Crippen LogP contribution in [0.15, 0.2) is 66.7 Å². The van der Waals surface area contributed by atoms with Crippen molar-refractivity contribution >= 4 is 11.6 Å². The van der Waals surface area contributed by atoms with Crippen LogP contribution in [0.3, 0.4) is 0 Å². The minimum absolute atomic E-state index is 0.202. The summed E-state index contributed by atoms with van der Waals surface area (Å²) in [5.41, 5.74) is 4.84. The molecule has 0 spiro atoms. The molecule has 3 heteroatoms. The Bertz CT molecular complexity index is 950. The molecule has 30 heavy (non-hydrogen) atoms. The molecule has 156 valence electrons. The second kappa shape index (κ2) is 9.31. The first-order valence-corrected chi connectivity index (χ1v) is 11.2. The van der Waals surface area contributed by atoms with Crippen LogP contribution in [0.4, 0.5) is 8.78 Å². The van der Waals surface area contributed by atoms with Gasteiger partial charge in [0.25, 0.3) is 0 Å². The van der Waals surface area contributed by atoms with E-state index in [1.165, 1.54) is 28.8 Å². The van der Waals surface area contributed by atoms with Gasteiger partial charge in [0.05, 0.1) is 0 Å². The summed E-state index contributed by atoms with van der Waals surface area (Å²) in [6.07, 6.45) is 4.99. The summed E-state index contributed by atoms with van der Waals surface area (Å²) in [4.78, 5) is 0. The van der Waals surface area contributed by atoms with Gasteiger partial charge in [-0.05, 0) is 84.2 Å². The fraction of sp³-hybridized carbons (Fsp3) is 0.333. The van der Waals surface area contributed by atoms with E-state index in [-0.39, 0.29) is 5.92 Å². The van der Waals surface area contributed by atoms with Gasteiger partial charge in [-0.15, -0.1) is 0 Å². The van der Waals surface area contributed by atoms with Crippen molar-refractivity contribution in [1.82, 2.24) is 0 Å². The van der Waals surface area contributed by atoms with Crippen LogP contribution in [0.5, 0.6) is 0 Å². The van der Waals surface area contributed by atoms with E-state index in [2.05, 4.69) is 61.5 Å². The minimum atomic E-state index is -0.658. The molecule has 1 aliphatic carbocycles. The predicted octanol–water partition coefficient (Wildman–Crippen LogP) is 8.41. The molecule has 0 N–H and O–H groups in total. The molecule has 0 aliphatic heterocycles. The number of hydrogen-bond acceptors (Lipinski definition) is 0. The van der Waals surface area contributed by atoms with Crippen molar-refractivity contribution in [3.63, 3.8) is 0 Å². The van der Waals surface area contributed by atoms with E-state index in [1.807, 2.05) is 0 Å². The number of halogens is 3. The molecule has 1 atom stereocenters. The van der Waals surface area contributed by atoms with Gasteiger partial charge in [0, 0.05) is 0 Å². The van der Waals surface area contributed by atoms with E-state index in [0.29, 0.717) is 11.8 Å². The molecule has 0 unspecified atom stereocenters. The zero-order valence-corrected chi connectivity index (χ0v) is 18.0. The highest BCUT2D eigenvalue weighted by Gasteiger charge is 2.25. The first-order chi connectivity index (χ1) is 14.5. The summed E-state index contributed by atoms with van der Waals surface area (Å²) in [5.74, 6) is -0.103. The van der Waals surface area contributed by atoms with Crippen molar-refractivity contribution in [2.75, 3.05) is 0 Å². The van der Waals surface area contributed by atoms with Crippen LogP contribution in [-0.4, -0.2) is 0 Å². The zero-order chi connectivity index (χ0) is 21.1. The molecule has 1 aliphatic rings. The van der Waals surface area contributed by atoms with Gasteiger partial charge >= 0.3 is 0 Å². The predicted molar refractivity (Wildman–Crippen MR) is 120 cm³/mol. The number of benzene rings is 3. The third-order valence-corrected chi connectivity index (χ3v) is 6.93. The second-order valence-corrected chi connectivity index (χ2v) is 8.98. The molecule has 0 heterocycles. The van der Waals surface area contributed by atoms with Crippen LogP contribution in [0, 0.1) is 11.6 Å². The highest BCUT2D eigenvalue weighted by Crippen LogP contribution is 2.41. The Morgan fingerprint density at radius 1 is 0.800 bits per heavy atom. The Kier molecular flexibility index (Phi) is 6.53. The molecule has 0 amide bonds. The van der Waals surface area contributed by atoms with Crippen molar-refractivity contribution in [2.24, 2.45) is 0 Å². The first kappa shape index (κ1) is 21.1. The van der Waals surface area contributed by atoms with Crippen LogP contribution in [0.25, 0.3) is 0 Å². The first-order valence-electron chi connectivity index (χ1n) is 10.8. The standard InChI is InChI=1S/C27H27ClF2/c1-18(20-5-3-2-4-6-20)15-19-7-9-21(10-8-19)22-11-13-23(14-12-22)24-16-25(29)27(28)26(30)17-24/h2-10,16-18,22-23H,11-15H2,1H3/t18-,22?,23?/m1/s1. The van der Waals surface area contributed by atoms with Crippen LogP contribution in [0.2, 0.25) is 5.02 Å². The lowest BCUT2D eigenvalue weighted by molar-refractivity contribution is 0.394. The van der Waals surface area contributed by atoms with E-state index in [1.54, 1.807) is 0 Å². The molecule has 0 aromatic heterocycles. The highest BCUT2D eigenvalue weighted by molar-refractivity contribution is 6.30. The fourth-order valence-corrected chi connectivity index (χ4v) is 4.86. The van der Waals surface area contributed by atoms with Crippen LogP contribution in [-0.2, 0) is 6.42 Å². The van der Waals surface area contributed by atoms with Gasteiger partial charge < -0.3 is 0 Å². The Morgan fingerprint density at radius 3 is 1.90 bits per heavy atom. The Labute approximate surface area is 182 Å². The van der Waals surface area contributed by atoms with Crippen molar-refractivity contribution in [3.05, 3.63) is 106 Å². The van der Waals surface area contributed by atoms with Crippen LogP contribution in [0.1, 0.15) is 72.6 Å². The Morgan fingerprint density at radius 2 is 1.33 bits per heavy atom. The van der Waals surface area contributed by atoms with Gasteiger partial charge in [0.1, 0.15) is 16.7 Å². The third-order valence-electron chi connectivity index (χ3n) is 6.57. The number of rotatable bonds is 5. The van der Waals surface area contributed by atoms with Crippen molar-refractivity contribution in [3.8, 4) is 0 Å². The highest BCUT2D eigenvalue weighted by atomic mass is 35.5. The maximum atomic E-state index is 13.8. The van der Waals surface area contributed by atoms with Crippen molar-refractivity contribution in [1.29, 1.82) is 0 Å². The summed E-state index contributed by atoms with van der Waals surface area (Å²) >= 11 is 5.62. The molecule has 1 fully saturated rings. The Balaban J connectivity index is 1.36. The topological polar surface area (TPSA) is 0 Å². The minimum Gasteiger partial charge on any atom is -0.205 e. The van der Waals surface area contributed by atoms with Gasteiger partial charge in [0.2, 0.25) is 0 Å². The molecule has 0 saturated heterocycles. The van der Waals surface area contributed by atoms with Gasteiger partial charge in [0.15, 0.2) is 0 Å². The largest absolute Gasteiger partial charge is 0.205 e. The summed E-state index contributed by atoms with van der Waals surface area (Å²) in [6, 6.07) is 22.5. The quantitative estimate of drug-likeness (QED) is 0.360. The maximum absolute atomic E-state index is 13.8. The second-order valence-electron chi connectivity index (χ2n) is 8.60.